The molecule has 0 aromatic carbocycles. The Hall–Kier alpha value is -0.330. The van der Waals surface area contributed by atoms with E-state index in [9.17, 15) is 8.42 Å². The van der Waals surface area contributed by atoms with Crippen molar-refractivity contribution in [2.45, 2.75) is 18.2 Å². The Labute approximate surface area is 81.3 Å². The van der Waals surface area contributed by atoms with Gasteiger partial charge in [0.1, 0.15) is 9.61 Å². The lowest BCUT2D eigenvalue weighted by molar-refractivity contribution is 0.577. The van der Waals surface area contributed by atoms with Gasteiger partial charge in [-0.2, -0.15) is 0 Å². The summed E-state index contributed by atoms with van der Waals surface area (Å²) in [6.45, 7) is 0. The maximum atomic E-state index is 11.0. The summed E-state index contributed by atoms with van der Waals surface area (Å²) in [5.74, 6) is 0.253. The summed E-state index contributed by atoms with van der Waals surface area (Å²) >= 11 is 1.25. The van der Waals surface area contributed by atoms with Crippen molar-refractivity contribution in [2.75, 3.05) is 0 Å². The molecule has 0 aromatic heterocycles. The third kappa shape index (κ3) is 1.79. The highest BCUT2D eigenvalue weighted by molar-refractivity contribution is 8.18. The topological polar surface area (TPSA) is 72.5 Å². The first-order chi connectivity index (χ1) is 6.07. The van der Waals surface area contributed by atoms with Crippen LogP contribution in [0.3, 0.4) is 0 Å². The van der Waals surface area contributed by atoms with Crippen molar-refractivity contribution in [1.82, 2.24) is 0 Å². The number of thioether (sulfide) groups is 1. The van der Waals surface area contributed by atoms with E-state index in [2.05, 4.69) is 4.99 Å². The normalized spacial score (nSPS) is 32.8. The summed E-state index contributed by atoms with van der Waals surface area (Å²) < 4.78 is 22.3. The van der Waals surface area contributed by atoms with Gasteiger partial charge in [0.15, 0.2) is 0 Å². The van der Waals surface area contributed by atoms with E-state index in [4.69, 9.17) is 5.14 Å². The molecule has 72 valence electrons. The number of fused-ring (bicyclic) bond motifs is 1. The van der Waals surface area contributed by atoms with E-state index in [0.29, 0.717) is 0 Å². The Balaban J connectivity index is 2.25. The zero-order valence-electron chi connectivity index (χ0n) is 6.88. The van der Waals surface area contributed by atoms with Crippen LogP contribution < -0.4 is 5.14 Å². The van der Waals surface area contributed by atoms with Gasteiger partial charge in [0.25, 0.3) is 0 Å². The monoisotopic (exact) mass is 218 g/mol. The van der Waals surface area contributed by atoms with E-state index in [1.165, 1.54) is 11.8 Å². The summed E-state index contributed by atoms with van der Waals surface area (Å²) in [5.41, 5.74) is 0. The molecule has 0 amide bonds. The Kier molecular flexibility index (Phi) is 2.21. The van der Waals surface area contributed by atoms with Crippen LogP contribution in [0, 0.1) is 5.92 Å². The van der Waals surface area contributed by atoms with Gasteiger partial charge in [-0.25, -0.2) is 13.6 Å². The van der Waals surface area contributed by atoms with Gasteiger partial charge < -0.3 is 0 Å². The summed E-state index contributed by atoms with van der Waals surface area (Å²) in [5, 5.41) is 5.07. The number of rotatable bonds is 1. The van der Waals surface area contributed by atoms with E-state index in [1.807, 2.05) is 6.21 Å². The van der Waals surface area contributed by atoms with Crippen LogP contribution in [0.1, 0.15) is 12.8 Å². The third-order valence-corrected chi connectivity index (χ3v) is 4.88. The Morgan fingerprint density at radius 2 is 2.38 bits per heavy atom. The van der Waals surface area contributed by atoms with Crippen molar-refractivity contribution in [3.8, 4) is 0 Å². The van der Waals surface area contributed by atoms with Gasteiger partial charge >= 0.3 is 0 Å². The number of nitrogens with zero attached hydrogens (tertiary/aromatic N) is 1. The lowest BCUT2D eigenvalue weighted by Gasteiger charge is -2.16. The number of primary sulfonamides is 1. The molecule has 2 atom stereocenters. The highest BCUT2D eigenvalue weighted by atomic mass is 32.3. The fraction of sp³-hybridized carbons (Fsp3) is 0.571. The second-order valence-electron chi connectivity index (χ2n) is 3.11. The SMILES string of the molecule is NS(=O)(=O)C1=CC2CCC=NC2S1. The second-order valence-corrected chi connectivity index (χ2v) is 6.06. The molecule has 2 N–H and O–H groups in total. The maximum Gasteiger partial charge on any atom is 0.243 e. The highest BCUT2D eigenvalue weighted by Gasteiger charge is 2.33. The minimum Gasteiger partial charge on any atom is -0.282 e. The number of nitrogens with two attached hydrogens (primary N) is 1. The molecular weight excluding hydrogens is 208 g/mol. The Morgan fingerprint density at radius 1 is 1.62 bits per heavy atom. The van der Waals surface area contributed by atoms with E-state index in [1.54, 1.807) is 6.08 Å². The molecule has 2 aliphatic heterocycles. The molecule has 0 aromatic rings. The summed E-state index contributed by atoms with van der Waals surface area (Å²) in [6.07, 6.45) is 5.49. The first kappa shape index (κ1) is 9.23. The van der Waals surface area contributed by atoms with Crippen LogP contribution in [0.5, 0.6) is 0 Å². The first-order valence-electron chi connectivity index (χ1n) is 4.00. The quantitative estimate of drug-likeness (QED) is 0.703. The minimum atomic E-state index is -3.51. The van der Waals surface area contributed by atoms with Crippen molar-refractivity contribution in [2.24, 2.45) is 16.0 Å². The Bertz CT molecular complexity index is 372. The average molecular weight is 218 g/mol. The zero-order chi connectivity index (χ0) is 9.47. The van der Waals surface area contributed by atoms with Crippen LogP contribution in [0.2, 0.25) is 0 Å². The van der Waals surface area contributed by atoms with Crippen LogP contribution in [0.4, 0.5) is 0 Å². The van der Waals surface area contributed by atoms with Crippen molar-refractivity contribution >= 4 is 28.0 Å². The minimum absolute atomic E-state index is 0.0436. The molecule has 0 fully saturated rings. The molecule has 2 heterocycles. The fourth-order valence-electron chi connectivity index (χ4n) is 1.48. The summed E-state index contributed by atoms with van der Waals surface area (Å²) in [7, 11) is -3.51. The maximum absolute atomic E-state index is 11.0. The number of hydrogen-bond donors (Lipinski definition) is 1. The lowest BCUT2D eigenvalue weighted by atomic mass is 10.0. The molecule has 0 radical (unpaired) electrons. The molecule has 0 saturated heterocycles. The van der Waals surface area contributed by atoms with Gasteiger partial charge in [-0.3, -0.25) is 4.99 Å². The molecular formula is C7H10N2O2S2. The van der Waals surface area contributed by atoms with Crippen molar-refractivity contribution in [3.63, 3.8) is 0 Å². The van der Waals surface area contributed by atoms with Crippen molar-refractivity contribution < 1.29 is 8.42 Å². The molecule has 2 unspecified atom stereocenters. The van der Waals surface area contributed by atoms with Crippen LogP contribution in [-0.2, 0) is 10.0 Å². The third-order valence-electron chi connectivity index (χ3n) is 2.12. The second kappa shape index (κ2) is 3.11. The molecule has 0 aliphatic carbocycles. The molecule has 2 aliphatic rings. The first-order valence-corrected chi connectivity index (χ1v) is 6.43. The smallest absolute Gasteiger partial charge is 0.243 e. The van der Waals surface area contributed by atoms with Crippen LogP contribution in [0.15, 0.2) is 15.3 Å². The Morgan fingerprint density at radius 3 is 3.00 bits per heavy atom. The van der Waals surface area contributed by atoms with Gasteiger partial charge in [0.05, 0.1) is 0 Å². The largest absolute Gasteiger partial charge is 0.282 e. The van der Waals surface area contributed by atoms with Gasteiger partial charge in [-0.1, -0.05) is 17.8 Å². The van der Waals surface area contributed by atoms with E-state index < -0.39 is 10.0 Å². The number of aliphatic imine (C=N–C) groups is 1. The van der Waals surface area contributed by atoms with E-state index >= 15 is 0 Å². The molecule has 6 heteroatoms. The number of sulfonamides is 1. The fourth-order valence-corrected chi connectivity index (χ4v) is 3.70. The van der Waals surface area contributed by atoms with Crippen LogP contribution in [-0.4, -0.2) is 20.0 Å². The zero-order valence-corrected chi connectivity index (χ0v) is 8.51. The average Bonchev–Trinajstić information content (AvgIpc) is 2.45. The van der Waals surface area contributed by atoms with Crippen molar-refractivity contribution in [1.29, 1.82) is 0 Å². The number of hydrogen-bond acceptors (Lipinski definition) is 4. The van der Waals surface area contributed by atoms with Crippen LogP contribution in [0.25, 0.3) is 0 Å². The van der Waals surface area contributed by atoms with E-state index in [-0.39, 0.29) is 15.5 Å². The molecule has 2 rings (SSSR count). The van der Waals surface area contributed by atoms with Gasteiger partial charge in [-0.05, 0) is 12.8 Å². The highest BCUT2D eigenvalue weighted by Crippen LogP contribution is 2.42. The van der Waals surface area contributed by atoms with Gasteiger partial charge in [0, 0.05) is 12.1 Å². The summed E-state index contributed by atoms with van der Waals surface area (Å²) in [6, 6.07) is 0. The van der Waals surface area contributed by atoms with E-state index in [0.717, 1.165) is 12.8 Å². The van der Waals surface area contributed by atoms with Crippen molar-refractivity contribution in [3.05, 3.63) is 10.3 Å². The molecule has 13 heavy (non-hydrogen) atoms. The lowest BCUT2D eigenvalue weighted by Crippen LogP contribution is -2.13. The molecule has 0 spiro atoms. The van der Waals surface area contributed by atoms with Gasteiger partial charge in [-0.15, -0.1) is 0 Å². The van der Waals surface area contributed by atoms with Crippen LogP contribution >= 0.6 is 11.8 Å². The summed E-state index contributed by atoms with van der Waals surface area (Å²) in [4.78, 5) is 4.22. The molecule has 0 bridgehead atoms. The van der Waals surface area contributed by atoms with Gasteiger partial charge in [0.2, 0.25) is 10.0 Å². The standard InChI is InChI=1S/C7H10N2O2S2/c8-13(10,11)6-4-5-2-1-3-9-7(5)12-6/h3-5,7H,1-2H2,(H2,8,10,11). The predicted octanol–water partition coefficient (Wildman–Crippen LogP) is 0.670. The molecule has 4 nitrogen and oxygen atoms in total. The molecule has 0 saturated carbocycles. The predicted molar refractivity (Wildman–Crippen MR) is 53.8 cm³/mol.